The molecule has 2 aromatic heterocycles. The smallest absolute Gasteiger partial charge is 0.228 e. The van der Waals surface area contributed by atoms with Crippen molar-refractivity contribution in [3.05, 3.63) is 48.9 Å². The molecule has 0 saturated carbocycles. The van der Waals surface area contributed by atoms with E-state index in [2.05, 4.69) is 15.0 Å². The number of pyridine rings is 1. The Hall–Kier alpha value is -3.35. The summed E-state index contributed by atoms with van der Waals surface area (Å²) in [6.07, 6.45) is 3.08. The van der Waals surface area contributed by atoms with Crippen molar-refractivity contribution in [1.29, 1.82) is 0 Å². The Balaban J connectivity index is 1.99. The molecule has 0 atom stereocenters. The van der Waals surface area contributed by atoms with E-state index in [1.807, 2.05) is 12.1 Å². The van der Waals surface area contributed by atoms with Gasteiger partial charge in [0.05, 0.1) is 32.6 Å². The van der Waals surface area contributed by atoms with E-state index in [1.165, 1.54) is 6.33 Å². The molecule has 0 aliphatic heterocycles. The maximum Gasteiger partial charge on any atom is 0.228 e. The summed E-state index contributed by atoms with van der Waals surface area (Å²) < 4.78 is 21.6. The fraction of sp³-hybridized carbons (Fsp3) is 0.167. The van der Waals surface area contributed by atoms with Gasteiger partial charge in [0.2, 0.25) is 11.8 Å². The van der Waals surface area contributed by atoms with Crippen molar-refractivity contribution < 1.29 is 18.9 Å². The first-order valence-electron chi connectivity index (χ1n) is 7.46. The van der Waals surface area contributed by atoms with Crippen LogP contribution in [0.15, 0.2) is 48.9 Å². The molecule has 0 fully saturated rings. The molecular weight excluding hydrogens is 322 g/mol. The molecule has 1 aromatic carbocycles. The second kappa shape index (κ2) is 7.48. The number of ether oxygens (including phenoxy) is 4. The van der Waals surface area contributed by atoms with E-state index < -0.39 is 0 Å². The third-order valence-electron chi connectivity index (χ3n) is 3.44. The average Bonchev–Trinajstić information content (AvgIpc) is 2.68. The van der Waals surface area contributed by atoms with Gasteiger partial charge in [0.25, 0.3) is 0 Å². The van der Waals surface area contributed by atoms with Crippen LogP contribution in [0.3, 0.4) is 0 Å². The van der Waals surface area contributed by atoms with E-state index in [9.17, 15) is 0 Å². The van der Waals surface area contributed by atoms with Gasteiger partial charge in [-0.05, 0) is 12.1 Å². The van der Waals surface area contributed by atoms with Crippen molar-refractivity contribution in [3.63, 3.8) is 0 Å². The molecule has 0 aliphatic rings. The van der Waals surface area contributed by atoms with Crippen LogP contribution in [0.1, 0.15) is 0 Å². The Morgan fingerprint density at radius 2 is 1.48 bits per heavy atom. The molecule has 7 heteroatoms. The van der Waals surface area contributed by atoms with E-state index in [0.717, 1.165) is 0 Å². The van der Waals surface area contributed by atoms with Crippen LogP contribution in [0, 0.1) is 0 Å². The molecule has 25 heavy (non-hydrogen) atoms. The zero-order valence-corrected chi connectivity index (χ0v) is 14.1. The summed E-state index contributed by atoms with van der Waals surface area (Å²) in [6.45, 7) is 0. The summed E-state index contributed by atoms with van der Waals surface area (Å²) in [6, 6.07) is 10.7. The third-order valence-corrected chi connectivity index (χ3v) is 3.44. The molecule has 0 amide bonds. The first-order valence-corrected chi connectivity index (χ1v) is 7.46. The predicted octanol–water partition coefficient (Wildman–Crippen LogP) is 3.36. The second-order valence-electron chi connectivity index (χ2n) is 4.95. The van der Waals surface area contributed by atoms with Gasteiger partial charge < -0.3 is 18.9 Å². The molecule has 7 nitrogen and oxygen atoms in total. The maximum atomic E-state index is 5.95. The number of benzene rings is 1. The first-order chi connectivity index (χ1) is 12.2. The zero-order valence-electron chi connectivity index (χ0n) is 14.1. The summed E-state index contributed by atoms with van der Waals surface area (Å²) in [5, 5.41) is 0. The average molecular weight is 339 g/mol. The number of aromatic nitrogens is 3. The normalized spacial score (nSPS) is 10.2. The van der Waals surface area contributed by atoms with Crippen LogP contribution >= 0.6 is 0 Å². The lowest BCUT2D eigenvalue weighted by Crippen LogP contribution is -1.96. The number of hydrogen-bond acceptors (Lipinski definition) is 7. The summed E-state index contributed by atoms with van der Waals surface area (Å²) in [5.74, 6) is 2.64. The Labute approximate surface area is 145 Å². The number of nitrogens with zero attached hydrogens (tertiary/aromatic N) is 3. The van der Waals surface area contributed by atoms with Gasteiger partial charge in [-0.15, -0.1) is 0 Å². The van der Waals surface area contributed by atoms with Crippen LogP contribution in [-0.2, 0) is 0 Å². The van der Waals surface area contributed by atoms with Gasteiger partial charge in [-0.2, -0.15) is 0 Å². The molecule has 3 rings (SSSR count). The Morgan fingerprint density at radius 3 is 2.16 bits per heavy atom. The van der Waals surface area contributed by atoms with Crippen LogP contribution in [0.25, 0.3) is 11.3 Å². The van der Waals surface area contributed by atoms with Crippen LogP contribution < -0.4 is 18.9 Å². The number of hydrogen-bond donors (Lipinski definition) is 0. The minimum Gasteiger partial charge on any atom is -0.496 e. The number of rotatable bonds is 6. The molecule has 0 bridgehead atoms. The van der Waals surface area contributed by atoms with Crippen molar-refractivity contribution in [2.75, 3.05) is 21.3 Å². The first kappa shape index (κ1) is 16.5. The zero-order chi connectivity index (χ0) is 17.6. The van der Waals surface area contributed by atoms with Crippen LogP contribution in [0.4, 0.5) is 0 Å². The highest BCUT2D eigenvalue weighted by Gasteiger charge is 2.12. The van der Waals surface area contributed by atoms with Crippen molar-refractivity contribution in [2.24, 2.45) is 0 Å². The molecule has 128 valence electrons. The van der Waals surface area contributed by atoms with E-state index in [-0.39, 0.29) is 0 Å². The topological polar surface area (TPSA) is 75.6 Å². The van der Waals surface area contributed by atoms with Crippen molar-refractivity contribution in [1.82, 2.24) is 15.0 Å². The molecule has 0 N–H and O–H groups in total. The van der Waals surface area contributed by atoms with Gasteiger partial charge >= 0.3 is 0 Å². The van der Waals surface area contributed by atoms with Crippen molar-refractivity contribution >= 4 is 0 Å². The Bertz CT molecular complexity index is 848. The molecule has 0 aliphatic carbocycles. The largest absolute Gasteiger partial charge is 0.496 e. The molecule has 0 unspecified atom stereocenters. The lowest BCUT2D eigenvalue weighted by molar-refractivity contribution is 0.385. The number of methoxy groups -OCH3 is 3. The fourth-order valence-corrected chi connectivity index (χ4v) is 2.22. The van der Waals surface area contributed by atoms with Crippen molar-refractivity contribution in [2.45, 2.75) is 0 Å². The monoisotopic (exact) mass is 339 g/mol. The van der Waals surface area contributed by atoms with Gasteiger partial charge in [0, 0.05) is 30.5 Å². The minimum atomic E-state index is 0.401. The SMILES string of the molecule is COc1cc(OC)cc(Oc2ncccc2-c2cc(OC)ncn2)c1. The second-order valence-corrected chi connectivity index (χ2v) is 4.95. The van der Waals surface area contributed by atoms with Crippen LogP contribution in [-0.4, -0.2) is 36.3 Å². The molecule has 3 aromatic rings. The lowest BCUT2D eigenvalue weighted by Gasteiger charge is -2.12. The van der Waals surface area contributed by atoms with Gasteiger partial charge in [0.15, 0.2) is 0 Å². The quantitative estimate of drug-likeness (QED) is 0.681. The highest BCUT2D eigenvalue weighted by atomic mass is 16.5. The van der Waals surface area contributed by atoms with E-state index in [1.54, 1.807) is 51.8 Å². The summed E-state index contributed by atoms with van der Waals surface area (Å²) in [7, 11) is 4.71. The standard InChI is InChI=1S/C18H17N3O4/c1-22-12-7-13(23-2)9-14(8-12)25-18-15(5-4-6-19-18)16-10-17(24-3)21-11-20-16/h4-11H,1-3H3. The fourth-order valence-electron chi connectivity index (χ4n) is 2.22. The van der Waals surface area contributed by atoms with Gasteiger partial charge in [-0.3, -0.25) is 0 Å². The summed E-state index contributed by atoms with van der Waals surface area (Å²) in [4.78, 5) is 12.6. The van der Waals surface area contributed by atoms with Crippen molar-refractivity contribution in [3.8, 4) is 40.3 Å². The highest BCUT2D eigenvalue weighted by Crippen LogP contribution is 2.34. The van der Waals surface area contributed by atoms with E-state index >= 15 is 0 Å². The maximum absolute atomic E-state index is 5.95. The minimum absolute atomic E-state index is 0.401. The van der Waals surface area contributed by atoms with Gasteiger partial charge in [-0.25, -0.2) is 15.0 Å². The van der Waals surface area contributed by atoms with Crippen LogP contribution in [0.5, 0.6) is 29.0 Å². The lowest BCUT2D eigenvalue weighted by atomic mass is 10.2. The molecule has 0 radical (unpaired) electrons. The summed E-state index contributed by atoms with van der Waals surface area (Å²) in [5.41, 5.74) is 1.36. The molecule has 0 saturated heterocycles. The van der Waals surface area contributed by atoms with Gasteiger partial charge in [-0.1, -0.05) is 0 Å². The molecule has 0 spiro atoms. The predicted molar refractivity (Wildman–Crippen MR) is 91.4 cm³/mol. The third kappa shape index (κ3) is 3.77. The van der Waals surface area contributed by atoms with E-state index in [0.29, 0.717) is 40.3 Å². The van der Waals surface area contributed by atoms with Gasteiger partial charge in [0.1, 0.15) is 23.6 Å². The van der Waals surface area contributed by atoms with Crippen LogP contribution in [0.2, 0.25) is 0 Å². The molecule has 2 heterocycles. The highest BCUT2D eigenvalue weighted by molar-refractivity contribution is 5.66. The Kier molecular flexibility index (Phi) is 4.94. The summed E-state index contributed by atoms with van der Waals surface area (Å²) >= 11 is 0. The van der Waals surface area contributed by atoms with E-state index in [4.69, 9.17) is 18.9 Å². The molecular formula is C18H17N3O4. The Morgan fingerprint density at radius 1 is 0.760 bits per heavy atom.